The van der Waals surface area contributed by atoms with Gasteiger partial charge < -0.3 is 16.4 Å². The normalized spacial score (nSPS) is 10.7. The van der Waals surface area contributed by atoms with Gasteiger partial charge in [0.2, 0.25) is 0 Å². The van der Waals surface area contributed by atoms with Gasteiger partial charge in [0.1, 0.15) is 5.52 Å². The number of rotatable bonds is 1. The summed E-state index contributed by atoms with van der Waals surface area (Å²) in [6.07, 6.45) is 0. The fourth-order valence-corrected chi connectivity index (χ4v) is 2.17. The highest BCUT2D eigenvalue weighted by Gasteiger charge is 2.10. The summed E-state index contributed by atoms with van der Waals surface area (Å²) in [6, 6.07) is 3.60. The monoisotopic (exact) mass is 208 g/mol. The van der Waals surface area contributed by atoms with Crippen LogP contribution in [-0.4, -0.2) is 19.1 Å². The maximum Gasteiger partial charge on any atom is 0.186 e. The van der Waals surface area contributed by atoms with Crippen molar-refractivity contribution < 1.29 is 0 Å². The minimum Gasteiger partial charge on any atom is -0.398 e. The maximum atomic E-state index is 5.83. The Morgan fingerprint density at radius 3 is 2.43 bits per heavy atom. The molecule has 0 radical (unpaired) electrons. The van der Waals surface area contributed by atoms with E-state index in [9.17, 15) is 0 Å². The second kappa shape index (κ2) is 3.02. The lowest BCUT2D eigenvalue weighted by Gasteiger charge is -2.04. The molecule has 0 saturated heterocycles. The molecular formula is C9H12N4S. The second-order valence-corrected chi connectivity index (χ2v) is 4.29. The summed E-state index contributed by atoms with van der Waals surface area (Å²) >= 11 is 1.56. The van der Waals surface area contributed by atoms with E-state index < -0.39 is 0 Å². The van der Waals surface area contributed by atoms with Crippen LogP contribution in [0.3, 0.4) is 0 Å². The highest BCUT2D eigenvalue weighted by Crippen LogP contribution is 2.34. The number of thiazole rings is 1. The molecule has 2 rings (SSSR count). The van der Waals surface area contributed by atoms with Crippen molar-refractivity contribution >= 4 is 38.1 Å². The van der Waals surface area contributed by atoms with Crippen LogP contribution >= 0.6 is 11.3 Å². The van der Waals surface area contributed by atoms with Crippen molar-refractivity contribution in [3.8, 4) is 0 Å². The molecule has 0 atom stereocenters. The number of hydrogen-bond acceptors (Lipinski definition) is 5. The van der Waals surface area contributed by atoms with Crippen molar-refractivity contribution in [3.05, 3.63) is 12.1 Å². The van der Waals surface area contributed by atoms with Crippen LogP contribution in [-0.2, 0) is 0 Å². The van der Waals surface area contributed by atoms with Gasteiger partial charge in [0.15, 0.2) is 5.13 Å². The standard InChI is InChI=1S/C9H12N4S/c1-13(2)9-12-7-5(10)3-4-6(11)8(7)14-9/h3-4H,10-11H2,1-2H3. The molecule has 0 fully saturated rings. The molecule has 0 saturated carbocycles. The smallest absolute Gasteiger partial charge is 0.186 e. The number of nitrogens with two attached hydrogens (primary N) is 2. The van der Waals surface area contributed by atoms with Crippen LogP contribution in [0.4, 0.5) is 16.5 Å². The molecule has 4 N–H and O–H groups in total. The van der Waals surface area contributed by atoms with Crippen LogP contribution in [0.2, 0.25) is 0 Å². The van der Waals surface area contributed by atoms with Crippen molar-refractivity contribution in [2.24, 2.45) is 0 Å². The predicted octanol–water partition coefficient (Wildman–Crippen LogP) is 1.53. The summed E-state index contributed by atoms with van der Waals surface area (Å²) < 4.78 is 0.966. The summed E-state index contributed by atoms with van der Waals surface area (Å²) in [5.41, 5.74) is 13.9. The quantitative estimate of drug-likeness (QED) is 0.697. The third-order valence-corrected chi connectivity index (χ3v) is 3.25. The Kier molecular flexibility index (Phi) is 1.96. The number of nitrogen functional groups attached to an aromatic ring is 2. The molecule has 2 aromatic rings. The average molecular weight is 208 g/mol. The highest BCUT2D eigenvalue weighted by molar-refractivity contribution is 7.22. The van der Waals surface area contributed by atoms with Crippen LogP contribution < -0.4 is 16.4 Å². The fraction of sp³-hybridized carbons (Fsp3) is 0.222. The van der Waals surface area contributed by atoms with Crippen LogP contribution in [0.25, 0.3) is 10.2 Å². The first-order valence-corrected chi connectivity index (χ1v) is 5.03. The second-order valence-electron chi connectivity index (χ2n) is 3.31. The lowest BCUT2D eigenvalue weighted by Crippen LogP contribution is -2.07. The number of hydrogen-bond donors (Lipinski definition) is 2. The van der Waals surface area contributed by atoms with E-state index in [1.807, 2.05) is 25.1 Å². The lowest BCUT2D eigenvalue weighted by molar-refractivity contribution is 1.11. The molecule has 1 heterocycles. The van der Waals surface area contributed by atoms with E-state index in [-0.39, 0.29) is 0 Å². The van der Waals surface area contributed by atoms with Crippen molar-refractivity contribution in [2.75, 3.05) is 30.5 Å². The highest BCUT2D eigenvalue weighted by atomic mass is 32.1. The van der Waals surface area contributed by atoms with Crippen LogP contribution in [0.15, 0.2) is 12.1 Å². The van der Waals surface area contributed by atoms with Crippen LogP contribution in [0.1, 0.15) is 0 Å². The van der Waals surface area contributed by atoms with Gasteiger partial charge >= 0.3 is 0 Å². The van der Waals surface area contributed by atoms with Gasteiger partial charge in [-0.1, -0.05) is 11.3 Å². The Bertz CT molecular complexity index is 436. The summed E-state index contributed by atoms with van der Waals surface area (Å²) in [4.78, 5) is 6.36. The Hall–Kier alpha value is -1.49. The first-order valence-electron chi connectivity index (χ1n) is 4.21. The fourth-order valence-electron chi connectivity index (χ4n) is 1.23. The molecule has 0 bridgehead atoms. The van der Waals surface area contributed by atoms with Gasteiger partial charge in [0.25, 0.3) is 0 Å². The molecule has 1 aromatic heterocycles. The van der Waals surface area contributed by atoms with E-state index in [1.54, 1.807) is 17.4 Å². The number of anilines is 3. The van der Waals surface area contributed by atoms with Gasteiger partial charge in [-0.05, 0) is 12.1 Å². The third-order valence-electron chi connectivity index (χ3n) is 1.98. The van der Waals surface area contributed by atoms with Crippen LogP contribution in [0.5, 0.6) is 0 Å². The summed E-state index contributed by atoms with van der Waals surface area (Å²) in [5, 5.41) is 0.921. The zero-order valence-corrected chi connectivity index (χ0v) is 8.93. The number of fused-ring (bicyclic) bond motifs is 1. The first kappa shape index (κ1) is 9.08. The van der Waals surface area contributed by atoms with Gasteiger partial charge in [0, 0.05) is 14.1 Å². The maximum absolute atomic E-state index is 5.83. The molecule has 5 heteroatoms. The SMILES string of the molecule is CN(C)c1nc2c(N)ccc(N)c2s1. The summed E-state index contributed by atoms with van der Waals surface area (Å²) in [7, 11) is 3.90. The third kappa shape index (κ3) is 1.26. The van der Waals surface area contributed by atoms with E-state index in [4.69, 9.17) is 11.5 Å². The number of aromatic nitrogens is 1. The Labute approximate surface area is 86.1 Å². The van der Waals surface area contributed by atoms with E-state index in [0.717, 1.165) is 21.0 Å². The van der Waals surface area contributed by atoms with Gasteiger partial charge in [-0.3, -0.25) is 0 Å². The van der Waals surface area contributed by atoms with E-state index >= 15 is 0 Å². The van der Waals surface area contributed by atoms with Gasteiger partial charge in [0.05, 0.1) is 16.1 Å². The zero-order chi connectivity index (χ0) is 10.3. The van der Waals surface area contributed by atoms with Gasteiger partial charge in [-0.15, -0.1) is 0 Å². The lowest BCUT2D eigenvalue weighted by atomic mass is 10.2. The Morgan fingerprint density at radius 1 is 1.21 bits per heavy atom. The molecule has 14 heavy (non-hydrogen) atoms. The Balaban J connectivity index is 2.75. The van der Waals surface area contributed by atoms with Gasteiger partial charge in [-0.2, -0.15) is 0 Å². The first-order chi connectivity index (χ1) is 6.59. The van der Waals surface area contributed by atoms with E-state index in [0.29, 0.717) is 5.69 Å². The largest absolute Gasteiger partial charge is 0.398 e. The minimum atomic E-state index is 0.679. The molecular weight excluding hydrogens is 196 g/mol. The molecule has 0 spiro atoms. The van der Waals surface area contributed by atoms with Crippen molar-refractivity contribution in [1.29, 1.82) is 0 Å². The van der Waals surface area contributed by atoms with Gasteiger partial charge in [-0.25, -0.2) is 4.98 Å². The Morgan fingerprint density at radius 2 is 1.86 bits per heavy atom. The molecule has 0 aliphatic carbocycles. The van der Waals surface area contributed by atoms with E-state index in [2.05, 4.69) is 4.98 Å². The molecule has 1 aromatic carbocycles. The zero-order valence-electron chi connectivity index (χ0n) is 8.11. The van der Waals surface area contributed by atoms with E-state index in [1.165, 1.54) is 0 Å². The van der Waals surface area contributed by atoms with Crippen LogP contribution in [0, 0.1) is 0 Å². The molecule has 0 aliphatic rings. The van der Waals surface area contributed by atoms with Crippen molar-refractivity contribution in [3.63, 3.8) is 0 Å². The number of nitrogens with zero attached hydrogens (tertiary/aromatic N) is 2. The molecule has 0 aliphatic heterocycles. The molecule has 74 valence electrons. The molecule has 0 unspecified atom stereocenters. The topological polar surface area (TPSA) is 68.2 Å². The predicted molar refractivity (Wildman–Crippen MR) is 62.8 cm³/mol. The average Bonchev–Trinajstić information content (AvgIpc) is 2.57. The summed E-state index contributed by atoms with van der Waals surface area (Å²) in [6.45, 7) is 0. The molecule has 4 nitrogen and oxygen atoms in total. The van der Waals surface area contributed by atoms with Crippen molar-refractivity contribution in [2.45, 2.75) is 0 Å². The molecule has 0 amide bonds. The van der Waals surface area contributed by atoms with Crippen molar-refractivity contribution in [1.82, 2.24) is 4.98 Å². The number of benzene rings is 1. The minimum absolute atomic E-state index is 0.679. The summed E-state index contributed by atoms with van der Waals surface area (Å²) in [5.74, 6) is 0.